The molecule has 0 spiro atoms. The SMILES string of the molecule is Cc1ccc(N2CCN(C(=O)C3CCCN(S(=O)(=O)c4cccs4)C3)CC2)c(C)c1. The molecule has 3 heterocycles. The van der Waals surface area contributed by atoms with Crippen LogP contribution in [0.4, 0.5) is 5.69 Å². The molecule has 2 aliphatic heterocycles. The zero-order valence-electron chi connectivity index (χ0n) is 17.6. The van der Waals surface area contributed by atoms with Crippen molar-refractivity contribution in [3.63, 3.8) is 0 Å². The van der Waals surface area contributed by atoms with E-state index in [9.17, 15) is 13.2 Å². The number of amides is 1. The maximum absolute atomic E-state index is 13.2. The van der Waals surface area contributed by atoms with E-state index in [-0.39, 0.29) is 18.4 Å². The second-order valence-corrected chi connectivity index (χ2v) is 11.3. The summed E-state index contributed by atoms with van der Waals surface area (Å²) >= 11 is 1.23. The van der Waals surface area contributed by atoms with Crippen LogP contribution in [-0.4, -0.2) is 62.8 Å². The number of carbonyl (C=O) groups excluding carboxylic acids is 1. The smallest absolute Gasteiger partial charge is 0.252 e. The first-order chi connectivity index (χ1) is 14.4. The topological polar surface area (TPSA) is 60.9 Å². The predicted octanol–water partition coefficient (Wildman–Crippen LogP) is 3.11. The average molecular weight is 448 g/mol. The number of benzene rings is 1. The van der Waals surface area contributed by atoms with Crippen molar-refractivity contribution in [2.75, 3.05) is 44.2 Å². The van der Waals surface area contributed by atoms with Gasteiger partial charge in [-0.05, 0) is 49.8 Å². The maximum atomic E-state index is 13.2. The van der Waals surface area contributed by atoms with Crippen molar-refractivity contribution in [3.05, 3.63) is 46.8 Å². The van der Waals surface area contributed by atoms with E-state index in [0.717, 1.165) is 25.9 Å². The lowest BCUT2D eigenvalue weighted by Crippen LogP contribution is -2.53. The van der Waals surface area contributed by atoms with Gasteiger partial charge in [-0.1, -0.05) is 23.8 Å². The third-order valence-electron chi connectivity index (χ3n) is 6.11. The third-order valence-corrected chi connectivity index (χ3v) is 9.35. The van der Waals surface area contributed by atoms with E-state index in [4.69, 9.17) is 0 Å². The molecule has 162 valence electrons. The van der Waals surface area contributed by atoms with Gasteiger partial charge in [0.1, 0.15) is 4.21 Å². The van der Waals surface area contributed by atoms with Gasteiger partial charge in [-0.25, -0.2) is 8.42 Å². The normalized spacial score (nSPS) is 21.1. The van der Waals surface area contributed by atoms with Gasteiger partial charge in [-0.2, -0.15) is 4.31 Å². The fourth-order valence-electron chi connectivity index (χ4n) is 4.49. The summed E-state index contributed by atoms with van der Waals surface area (Å²) in [6.45, 7) is 7.98. The number of piperidine rings is 1. The number of hydrogen-bond acceptors (Lipinski definition) is 5. The molecule has 1 atom stereocenters. The van der Waals surface area contributed by atoms with Crippen molar-refractivity contribution in [3.8, 4) is 0 Å². The number of anilines is 1. The Morgan fingerprint density at radius 2 is 1.83 bits per heavy atom. The number of nitrogens with zero attached hydrogens (tertiary/aromatic N) is 3. The molecule has 1 aromatic heterocycles. The molecule has 0 N–H and O–H groups in total. The lowest BCUT2D eigenvalue weighted by molar-refractivity contribution is -0.137. The lowest BCUT2D eigenvalue weighted by atomic mass is 9.97. The van der Waals surface area contributed by atoms with Crippen LogP contribution in [0, 0.1) is 19.8 Å². The number of thiophene rings is 1. The number of rotatable bonds is 4. The number of aryl methyl sites for hydroxylation is 2. The Kier molecular flexibility index (Phi) is 6.18. The average Bonchev–Trinajstić information content (AvgIpc) is 3.29. The monoisotopic (exact) mass is 447 g/mol. The van der Waals surface area contributed by atoms with Crippen LogP contribution >= 0.6 is 11.3 Å². The first-order valence-electron chi connectivity index (χ1n) is 10.5. The van der Waals surface area contributed by atoms with E-state index in [2.05, 4.69) is 36.9 Å². The molecule has 2 fully saturated rings. The van der Waals surface area contributed by atoms with Gasteiger partial charge in [0.05, 0.1) is 5.92 Å². The van der Waals surface area contributed by atoms with Gasteiger partial charge in [0.2, 0.25) is 5.91 Å². The summed E-state index contributed by atoms with van der Waals surface area (Å²) in [5, 5.41) is 1.77. The molecule has 1 aromatic carbocycles. The molecule has 0 radical (unpaired) electrons. The lowest BCUT2D eigenvalue weighted by Gasteiger charge is -2.39. The molecule has 4 rings (SSSR count). The number of sulfonamides is 1. The van der Waals surface area contributed by atoms with E-state index < -0.39 is 10.0 Å². The highest BCUT2D eigenvalue weighted by Crippen LogP contribution is 2.28. The van der Waals surface area contributed by atoms with Gasteiger partial charge in [0.25, 0.3) is 10.0 Å². The Morgan fingerprint density at radius 1 is 1.07 bits per heavy atom. The summed E-state index contributed by atoms with van der Waals surface area (Å²) in [6.07, 6.45) is 1.48. The van der Waals surface area contributed by atoms with Crippen molar-refractivity contribution in [2.45, 2.75) is 30.9 Å². The molecule has 2 aliphatic rings. The Bertz CT molecular complexity index is 997. The number of piperazine rings is 1. The standard InChI is InChI=1S/C22H29N3O3S2/c1-17-7-8-20(18(2)15-17)23-10-12-24(13-11-23)22(26)19-5-3-9-25(16-19)30(27,28)21-6-4-14-29-21/h4,6-8,14-15,19H,3,5,9-13,16H2,1-2H3. The Balaban J connectivity index is 1.38. The minimum absolute atomic E-state index is 0.0985. The van der Waals surface area contributed by atoms with E-state index >= 15 is 0 Å². The molecule has 6 nitrogen and oxygen atoms in total. The Morgan fingerprint density at radius 3 is 2.50 bits per heavy atom. The minimum Gasteiger partial charge on any atom is -0.368 e. The van der Waals surface area contributed by atoms with Crippen molar-refractivity contribution >= 4 is 33.0 Å². The molecule has 8 heteroatoms. The number of carbonyl (C=O) groups is 1. The molecule has 0 bridgehead atoms. The molecule has 0 saturated carbocycles. The van der Waals surface area contributed by atoms with Crippen molar-refractivity contribution < 1.29 is 13.2 Å². The van der Waals surface area contributed by atoms with Gasteiger partial charge in [0, 0.05) is 45.0 Å². The first kappa shape index (κ1) is 21.3. The largest absolute Gasteiger partial charge is 0.368 e. The molecule has 1 amide bonds. The van der Waals surface area contributed by atoms with E-state index in [1.54, 1.807) is 17.5 Å². The fraction of sp³-hybridized carbons (Fsp3) is 0.500. The van der Waals surface area contributed by atoms with Crippen LogP contribution in [-0.2, 0) is 14.8 Å². The molecule has 1 unspecified atom stereocenters. The van der Waals surface area contributed by atoms with Gasteiger partial charge in [0.15, 0.2) is 0 Å². The van der Waals surface area contributed by atoms with Crippen molar-refractivity contribution in [1.82, 2.24) is 9.21 Å². The third kappa shape index (κ3) is 4.26. The van der Waals surface area contributed by atoms with Crippen LogP contribution in [0.1, 0.15) is 24.0 Å². The minimum atomic E-state index is -3.50. The van der Waals surface area contributed by atoms with Crippen LogP contribution in [0.5, 0.6) is 0 Å². The molecular formula is C22H29N3O3S2. The van der Waals surface area contributed by atoms with Crippen LogP contribution < -0.4 is 4.90 Å². The molecule has 30 heavy (non-hydrogen) atoms. The molecular weight excluding hydrogens is 418 g/mol. The summed E-state index contributed by atoms with van der Waals surface area (Å²) in [5.41, 5.74) is 3.75. The van der Waals surface area contributed by atoms with Crippen LogP contribution in [0.2, 0.25) is 0 Å². The summed E-state index contributed by atoms with van der Waals surface area (Å²) in [6, 6.07) is 9.87. The zero-order valence-corrected chi connectivity index (χ0v) is 19.2. The molecule has 2 saturated heterocycles. The Labute approximate surface area is 183 Å². The Hall–Kier alpha value is -1.90. The summed E-state index contributed by atoms with van der Waals surface area (Å²) < 4.78 is 27.6. The van der Waals surface area contributed by atoms with Gasteiger partial charge in [-0.3, -0.25) is 4.79 Å². The van der Waals surface area contributed by atoms with Crippen LogP contribution in [0.15, 0.2) is 39.9 Å². The zero-order chi connectivity index (χ0) is 21.3. The fourth-order valence-corrected chi connectivity index (χ4v) is 7.15. The van der Waals surface area contributed by atoms with Gasteiger partial charge >= 0.3 is 0 Å². The highest BCUT2D eigenvalue weighted by Gasteiger charge is 2.36. The quantitative estimate of drug-likeness (QED) is 0.723. The summed E-state index contributed by atoms with van der Waals surface area (Å²) in [7, 11) is -3.50. The van der Waals surface area contributed by atoms with Crippen LogP contribution in [0.3, 0.4) is 0 Å². The number of hydrogen-bond donors (Lipinski definition) is 0. The predicted molar refractivity (Wildman–Crippen MR) is 121 cm³/mol. The highest BCUT2D eigenvalue weighted by atomic mass is 32.2. The van der Waals surface area contributed by atoms with Gasteiger partial charge in [-0.15, -0.1) is 11.3 Å². The highest BCUT2D eigenvalue weighted by molar-refractivity contribution is 7.91. The van der Waals surface area contributed by atoms with E-state index in [1.165, 1.54) is 32.5 Å². The maximum Gasteiger partial charge on any atom is 0.252 e. The van der Waals surface area contributed by atoms with E-state index in [0.29, 0.717) is 23.8 Å². The van der Waals surface area contributed by atoms with Crippen molar-refractivity contribution in [1.29, 1.82) is 0 Å². The van der Waals surface area contributed by atoms with E-state index in [1.807, 2.05) is 4.90 Å². The summed E-state index contributed by atoms with van der Waals surface area (Å²) in [4.78, 5) is 17.4. The van der Waals surface area contributed by atoms with Crippen molar-refractivity contribution in [2.24, 2.45) is 5.92 Å². The first-order valence-corrected chi connectivity index (χ1v) is 12.8. The summed E-state index contributed by atoms with van der Waals surface area (Å²) in [5.74, 6) is -0.150. The molecule has 0 aliphatic carbocycles. The molecule has 2 aromatic rings. The van der Waals surface area contributed by atoms with Gasteiger partial charge < -0.3 is 9.80 Å². The second kappa shape index (κ2) is 8.69. The second-order valence-electron chi connectivity index (χ2n) is 8.24. The van der Waals surface area contributed by atoms with Crippen LogP contribution in [0.25, 0.3) is 0 Å².